The van der Waals surface area contributed by atoms with Crippen molar-refractivity contribution in [3.05, 3.63) is 29.8 Å². The van der Waals surface area contributed by atoms with E-state index in [1.165, 1.54) is 0 Å². The van der Waals surface area contributed by atoms with Crippen molar-refractivity contribution in [1.82, 2.24) is 4.90 Å². The second-order valence-electron chi connectivity index (χ2n) is 5.64. The first-order chi connectivity index (χ1) is 8.96. The Morgan fingerprint density at radius 3 is 2.89 bits per heavy atom. The van der Waals surface area contributed by atoms with Gasteiger partial charge in [0.25, 0.3) is 0 Å². The fourth-order valence-corrected chi connectivity index (χ4v) is 2.39. The SMILES string of the molecule is Cc1cccc(NC(=O)N2CCCC(C)(O)CC2)c1. The minimum Gasteiger partial charge on any atom is -0.390 e. The van der Waals surface area contributed by atoms with E-state index >= 15 is 0 Å². The Balaban J connectivity index is 1.96. The third kappa shape index (κ3) is 3.96. The van der Waals surface area contributed by atoms with Crippen LogP contribution in [0.5, 0.6) is 0 Å². The van der Waals surface area contributed by atoms with Crippen LogP contribution < -0.4 is 5.32 Å². The zero-order valence-electron chi connectivity index (χ0n) is 11.6. The first kappa shape index (κ1) is 13.9. The molecule has 1 fully saturated rings. The lowest BCUT2D eigenvalue weighted by Crippen LogP contribution is -2.36. The smallest absolute Gasteiger partial charge is 0.321 e. The van der Waals surface area contributed by atoms with Gasteiger partial charge < -0.3 is 15.3 Å². The maximum Gasteiger partial charge on any atom is 0.321 e. The Bertz CT molecular complexity index is 457. The lowest BCUT2D eigenvalue weighted by atomic mass is 9.98. The second-order valence-corrected chi connectivity index (χ2v) is 5.64. The van der Waals surface area contributed by atoms with Gasteiger partial charge >= 0.3 is 6.03 Å². The van der Waals surface area contributed by atoms with Crippen molar-refractivity contribution in [1.29, 1.82) is 0 Å². The van der Waals surface area contributed by atoms with E-state index in [4.69, 9.17) is 0 Å². The highest BCUT2D eigenvalue weighted by Crippen LogP contribution is 2.22. The molecule has 4 heteroatoms. The van der Waals surface area contributed by atoms with E-state index in [0.717, 1.165) is 24.1 Å². The second kappa shape index (κ2) is 5.61. The maximum atomic E-state index is 12.2. The fraction of sp³-hybridized carbons (Fsp3) is 0.533. The van der Waals surface area contributed by atoms with Gasteiger partial charge in [0.15, 0.2) is 0 Å². The summed E-state index contributed by atoms with van der Waals surface area (Å²) in [6, 6.07) is 7.69. The Labute approximate surface area is 114 Å². The van der Waals surface area contributed by atoms with Crippen molar-refractivity contribution in [2.75, 3.05) is 18.4 Å². The monoisotopic (exact) mass is 262 g/mol. The summed E-state index contributed by atoms with van der Waals surface area (Å²) >= 11 is 0. The Hall–Kier alpha value is -1.55. The van der Waals surface area contributed by atoms with Gasteiger partial charge in [-0.1, -0.05) is 12.1 Å². The molecule has 1 heterocycles. The van der Waals surface area contributed by atoms with Crippen LogP contribution in [0.25, 0.3) is 0 Å². The summed E-state index contributed by atoms with van der Waals surface area (Å²) in [6.07, 6.45) is 2.23. The predicted molar refractivity (Wildman–Crippen MR) is 76.2 cm³/mol. The molecule has 2 amide bonds. The summed E-state index contributed by atoms with van der Waals surface area (Å²) in [5, 5.41) is 12.9. The summed E-state index contributed by atoms with van der Waals surface area (Å²) < 4.78 is 0. The molecule has 1 unspecified atom stereocenters. The quantitative estimate of drug-likeness (QED) is 0.817. The lowest BCUT2D eigenvalue weighted by Gasteiger charge is -2.23. The number of likely N-dealkylation sites (tertiary alicyclic amines) is 1. The van der Waals surface area contributed by atoms with Crippen LogP contribution >= 0.6 is 0 Å². The molecule has 0 saturated carbocycles. The summed E-state index contributed by atoms with van der Waals surface area (Å²) in [7, 11) is 0. The molecule has 2 N–H and O–H groups in total. The van der Waals surface area contributed by atoms with Crippen LogP contribution in [0.2, 0.25) is 0 Å². The highest BCUT2D eigenvalue weighted by molar-refractivity contribution is 5.89. The van der Waals surface area contributed by atoms with E-state index in [1.807, 2.05) is 38.1 Å². The lowest BCUT2D eigenvalue weighted by molar-refractivity contribution is 0.0458. The van der Waals surface area contributed by atoms with E-state index in [1.54, 1.807) is 4.90 Å². The molecule has 0 bridgehead atoms. The molecular formula is C15H22N2O2. The van der Waals surface area contributed by atoms with Gasteiger partial charge in [0, 0.05) is 18.8 Å². The number of benzene rings is 1. The average Bonchev–Trinajstić information content (AvgIpc) is 2.50. The molecular weight excluding hydrogens is 240 g/mol. The van der Waals surface area contributed by atoms with E-state index in [-0.39, 0.29) is 6.03 Å². The summed E-state index contributed by atoms with van der Waals surface area (Å²) in [5.74, 6) is 0. The van der Waals surface area contributed by atoms with Crippen LogP contribution in [0.1, 0.15) is 31.7 Å². The van der Waals surface area contributed by atoms with E-state index < -0.39 is 5.60 Å². The number of aryl methyl sites for hydroxylation is 1. The minimum atomic E-state index is -0.641. The van der Waals surface area contributed by atoms with Crippen LogP contribution in [0, 0.1) is 6.92 Å². The highest BCUT2D eigenvalue weighted by atomic mass is 16.3. The molecule has 19 heavy (non-hydrogen) atoms. The van der Waals surface area contributed by atoms with Gasteiger partial charge in [-0.15, -0.1) is 0 Å². The van der Waals surface area contributed by atoms with Gasteiger partial charge in [0.05, 0.1) is 5.60 Å². The zero-order chi connectivity index (χ0) is 13.9. The average molecular weight is 262 g/mol. The number of rotatable bonds is 1. The van der Waals surface area contributed by atoms with Crippen LogP contribution in [0.15, 0.2) is 24.3 Å². The molecule has 0 aromatic heterocycles. The standard InChI is InChI=1S/C15H22N2O2/c1-12-5-3-6-13(11-12)16-14(18)17-9-4-7-15(2,19)8-10-17/h3,5-6,11,19H,4,7-10H2,1-2H3,(H,16,18). The number of nitrogens with one attached hydrogen (secondary N) is 1. The number of hydrogen-bond donors (Lipinski definition) is 2. The molecule has 1 aromatic rings. The topological polar surface area (TPSA) is 52.6 Å². The van der Waals surface area contributed by atoms with Crippen LogP contribution in [-0.4, -0.2) is 34.7 Å². The fourth-order valence-electron chi connectivity index (χ4n) is 2.39. The van der Waals surface area contributed by atoms with Gasteiger partial charge in [-0.2, -0.15) is 0 Å². The van der Waals surface area contributed by atoms with Crippen molar-refractivity contribution in [2.45, 2.75) is 38.7 Å². The van der Waals surface area contributed by atoms with Crippen molar-refractivity contribution in [3.63, 3.8) is 0 Å². The molecule has 1 saturated heterocycles. The van der Waals surface area contributed by atoms with Gasteiger partial charge in [-0.25, -0.2) is 4.79 Å². The molecule has 1 atom stereocenters. The van der Waals surface area contributed by atoms with Gasteiger partial charge in [0.1, 0.15) is 0 Å². The van der Waals surface area contributed by atoms with E-state index in [0.29, 0.717) is 19.5 Å². The third-order valence-corrected chi connectivity index (χ3v) is 3.62. The van der Waals surface area contributed by atoms with Crippen LogP contribution in [0.4, 0.5) is 10.5 Å². The molecule has 0 radical (unpaired) electrons. The van der Waals surface area contributed by atoms with Crippen molar-refractivity contribution in [3.8, 4) is 0 Å². The highest BCUT2D eigenvalue weighted by Gasteiger charge is 2.26. The largest absolute Gasteiger partial charge is 0.390 e. The number of aliphatic hydroxyl groups is 1. The minimum absolute atomic E-state index is 0.0803. The molecule has 1 aliphatic heterocycles. The summed E-state index contributed by atoms with van der Waals surface area (Å²) in [5.41, 5.74) is 1.30. The number of carbonyl (C=O) groups is 1. The van der Waals surface area contributed by atoms with Crippen molar-refractivity contribution < 1.29 is 9.90 Å². The molecule has 1 aromatic carbocycles. The number of carbonyl (C=O) groups excluding carboxylic acids is 1. The molecule has 1 aliphatic rings. The number of urea groups is 1. The number of hydrogen-bond acceptors (Lipinski definition) is 2. The molecule has 0 spiro atoms. The van der Waals surface area contributed by atoms with Gasteiger partial charge in [-0.05, 0) is 50.8 Å². The van der Waals surface area contributed by atoms with Crippen molar-refractivity contribution >= 4 is 11.7 Å². The first-order valence-corrected chi connectivity index (χ1v) is 6.81. The summed E-state index contributed by atoms with van der Waals surface area (Å²) in [4.78, 5) is 14.0. The van der Waals surface area contributed by atoms with E-state index in [2.05, 4.69) is 5.32 Å². The van der Waals surface area contributed by atoms with Crippen LogP contribution in [-0.2, 0) is 0 Å². The van der Waals surface area contributed by atoms with Crippen molar-refractivity contribution in [2.24, 2.45) is 0 Å². The summed E-state index contributed by atoms with van der Waals surface area (Å²) in [6.45, 7) is 5.15. The first-order valence-electron chi connectivity index (χ1n) is 6.81. The van der Waals surface area contributed by atoms with E-state index in [9.17, 15) is 9.90 Å². The molecule has 2 rings (SSSR count). The Morgan fingerprint density at radius 1 is 1.37 bits per heavy atom. The Morgan fingerprint density at radius 2 is 2.16 bits per heavy atom. The van der Waals surface area contributed by atoms with Gasteiger partial charge in [0.2, 0.25) is 0 Å². The normalized spacial score (nSPS) is 23.8. The Kier molecular flexibility index (Phi) is 4.10. The number of nitrogens with zero attached hydrogens (tertiary/aromatic N) is 1. The molecule has 0 aliphatic carbocycles. The van der Waals surface area contributed by atoms with Gasteiger partial charge in [-0.3, -0.25) is 0 Å². The van der Waals surface area contributed by atoms with Crippen LogP contribution in [0.3, 0.4) is 0 Å². The maximum absolute atomic E-state index is 12.2. The molecule has 104 valence electrons. The molecule has 4 nitrogen and oxygen atoms in total. The zero-order valence-corrected chi connectivity index (χ0v) is 11.6. The third-order valence-electron chi connectivity index (χ3n) is 3.62. The number of amides is 2. The predicted octanol–water partition coefficient (Wildman–Crippen LogP) is 2.76. The number of anilines is 1.